The van der Waals surface area contributed by atoms with Gasteiger partial charge in [-0.1, -0.05) is 6.07 Å². The number of ether oxygens (including phenoxy) is 4. The van der Waals surface area contributed by atoms with Gasteiger partial charge in [0.05, 0.1) is 29.8 Å². The second-order valence-electron chi connectivity index (χ2n) is 16.1. The van der Waals surface area contributed by atoms with Crippen LogP contribution in [0.1, 0.15) is 79.0 Å². The summed E-state index contributed by atoms with van der Waals surface area (Å²) in [4.78, 5) is 76.6. The van der Waals surface area contributed by atoms with Gasteiger partial charge < -0.3 is 43.1 Å². The molecular formula is C45H34F7N3O14S. The topological polar surface area (TPSA) is 223 Å². The summed E-state index contributed by atoms with van der Waals surface area (Å²) in [5.74, 6) is -14.2. The van der Waals surface area contributed by atoms with Crippen molar-refractivity contribution in [3.05, 3.63) is 127 Å². The first kappa shape index (κ1) is 48.7. The van der Waals surface area contributed by atoms with E-state index in [1.807, 2.05) is 0 Å². The normalized spacial score (nSPS) is 18.1. The lowest BCUT2D eigenvalue weighted by Gasteiger charge is -2.37. The summed E-state index contributed by atoms with van der Waals surface area (Å²) in [6.07, 6.45) is 1.33. The molecule has 1 unspecified atom stereocenters. The molecule has 25 heteroatoms. The number of benzene rings is 4. The standard InChI is InChI=1S/C45H34F7N3O14S/c1-21-32(46)17-30-37(35(21)48)67-38-31(18-33(47)39(36(38)49)69-70(62,63)45(50,51)52)44(30)29-9-3-23(15-27(29)43(61)68-44)40(58)53-24-4-6-25(7-5-24)54-41(59)28-14-22-2-8-26(16-34(22)66-42(28)60)55(10-12-64-19-56)11-13-65-20-57/h2-3,8-9,14-20,24-25H,4-7,10-13H2,1H3,(H,53,58)(H,54,59). The fourth-order valence-corrected chi connectivity index (χ4v) is 8.92. The van der Waals surface area contributed by atoms with Gasteiger partial charge in [0.1, 0.15) is 30.2 Å². The van der Waals surface area contributed by atoms with Gasteiger partial charge in [0, 0.05) is 45.9 Å². The minimum Gasteiger partial charge on any atom is -0.466 e. The van der Waals surface area contributed by atoms with Gasteiger partial charge in [0.25, 0.3) is 24.8 Å². The second-order valence-corrected chi connectivity index (χ2v) is 17.6. The molecule has 1 fully saturated rings. The van der Waals surface area contributed by atoms with E-state index in [1.165, 1.54) is 6.07 Å². The largest absolute Gasteiger partial charge is 0.534 e. The zero-order valence-corrected chi connectivity index (χ0v) is 36.7. The third-order valence-electron chi connectivity index (χ3n) is 11.9. The highest BCUT2D eigenvalue weighted by atomic mass is 32.2. The van der Waals surface area contributed by atoms with Gasteiger partial charge in [-0.25, -0.2) is 22.8 Å². The average Bonchev–Trinajstić information content (AvgIpc) is 3.61. The number of alkyl halides is 3. The molecule has 1 aromatic heterocycles. The number of carbonyl (C=O) groups excluding carboxylic acids is 5. The number of halogens is 7. The van der Waals surface area contributed by atoms with Crippen LogP contribution >= 0.6 is 0 Å². The van der Waals surface area contributed by atoms with Crippen molar-refractivity contribution in [2.75, 3.05) is 31.2 Å². The fourth-order valence-electron chi connectivity index (χ4n) is 8.45. The Labute approximate surface area is 389 Å². The van der Waals surface area contributed by atoms with Gasteiger partial charge >= 0.3 is 27.2 Å². The van der Waals surface area contributed by atoms with Crippen LogP contribution in [-0.2, 0) is 39.5 Å². The number of amides is 2. The van der Waals surface area contributed by atoms with Gasteiger partial charge in [0.15, 0.2) is 28.7 Å². The molecule has 368 valence electrons. The number of hydrogen-bond acceptors (Lipinski definition) is 15. The molecule has 1 saturated carbocycles. The van der Waals surface area contributed by atoms with E-state index in [1.54, 1.807) is 23.1 Å². The summed E-state index contributed by atoms with van der Waals surface area (Å²) in [6.45, 7) is 2.00. The van der Waals surface area contributed by atoms with E-state index in [0.717, 1.165) is 25.1 Å². The van der Waals surface area contributed by atoms with E-state index in [9.17, 15) is 50.4 Å². The lowest BCUT2D eigenvalue weighted by Crippen LogP contribution is -2.44. The molecule has 70 heavy (non-hydrogen) atoms. The van der Waals surface area contributed by atoms with Gasteiger partial charge in [-0.2, -0.15) is 26.0 Å². The molecule has 17 nitrogen and oxygen atoms in total. The maximum absolute atomic E-state index is 16.0. The average molecular weight is 1010 g/mol. The van der Waals surface area contributed by atoms with Gasteiger partial charge in [-0.3, -0.25) is 19.2 Å². The summed E-state index contributed by atoms with van der Waals surface area (Å²) in [5, 5.41) is 6.03. The first-order valence-electron chi connectivity index (χ1n) is 20.8. The van der Waals surface area contributed by atoms with Crippen molar-refractivity contribution in [3.63, 3.8) is 0 Å². The second kappa shape index (κ2) is 18.7. The summed E-state index contributed by atoms with van der Waals surface area (Å²) >= 11 is 0. The van der Waals surface area contributed by atoms with E-state index in [0.29, 0.717) is 42.8 Å². The van der Waals surface area contributed by atoms with Gasteiger partial charge in [-0.05, 0) is 75.1 Å². The van der Waals surface area contributed by atoms with Crippen LogP contribution in [0.2, 0.25) is 0 Å². The first-order chi connectivity index (χ1) is 33.2. The maximum atomic E-state index is 16.0. The van der Waals surface area contributed by atoms with E-state index in [-0.39, 0.29) is 67.6 Å². The summed E-state index contributed by atoms with van der Waals surface area (Å²) in [5.41, 5.74) is -12.5. The minimum atomic E-state index is -6.68. The molecule has 1 atom stereocenters. The number of nitrogens with zero attached hydrogens (tertiary/aromatic N) is 1. The van der Waals surface area contributed by atoms with E-state index in [4.69, 9.17) is 23.4 Å². The number of nitrogens with one attached hydrogen (secondary N) is 2. The number of carbonyl (C=O) groups is 5. The van der Waals surface area contributed by atoms with Crippen LogP contribution < -0.4 is 30.1 Å². The zero-order valence-electron chi connectivity index (χ0n) is 35.9. The SMILES string of the molecule is Cc1c(F)cc2c(c1F)Oc1c(cc(F)c(OS(=O)(=O)C(F)(F)F)c1F)C21OC(=O)c2cc(C(=O)NC3CCC(NC(=O)c4cc5ccc(N(CCOC=O)CCOC=O)cc5oc4=O)CC3)ccc21. The maximum Gasteiger partial charge on any atom is 0.534 e. The number of esters is 1. The van der Waals surface area contributed by atoms with Crippen molar-refractivity contribution < 1.29 is 90.7 Å². The molecule has 0 radical (unpaired) electrons. The van der Waals surface area contributed by atoms with Crippen molar-refractivity contribution in [2.24, 2.45) is 0 Å². The van der Waals surface area contributed by atoms with Crippen molar-refractivity contribution in [1.82, 2.24) is 10.6 Å². The van der Waals surface area contributed by atoms with Crippen LogP contribution in [0, 0.1) is 30.2 Å². The number of fused-ring (bicyclic) bond motifs is 7. The molecule has 2 amide bonds. The third-order valence-corrected chi connectivity index (χ3v) is 12.9. The molecule has 5 aromatic rings. The number of hydrogen-bond donors (Lipinski definition) is 2. The zero-order chi connectivity index (χ0) is 50.4. The Morgan fingerprint density at radius 3 is 2.01 bits per heavy atom. The summed E-state index contributed by atoms with van der Waals surface area (Å²) in [7, 11) is -6.68. The molecule has 3 aliphatic rings. The highest BCUT2D eigenvalue weighted by molar-refractivity contribution is 7.88. The molecule has 1 spiro atoms. The number of rotatable bonds is 15. The molecule has 2 aliphatic heterocycles. The highest BCUT2D eigenvalue weighted by Gasteiger charge is 2.57. The van der Waals surface area contributed by atoms with Crippen molar-refractivity contribution in [3.8, 4) is 17.2 Å². The van der Waals surface area contributed by atoms with E-state index >= 15 is 17.6 Å². The van der Waals surface area contributed by atoms with Crippen LogP contribution in [0.4, 0.5) is 36.4 Å². The molecule has 0 bridgehead atoms. The molecule has 3 heterocycles. The van der Waals surface area contributed by atoms with Crippen LogP contribution in [0.25, 0.3) is 11.0 Å². The lowest BCUT2D eigenvalue weighted by molar-refractivity contribution is -0.128. The Morgan fingerprint density at radius 2 is 1.40 bits per heavy atom. The predicted octanol–water partition coefficient (Wildman–Crippen LogP) is 6.08. The smallest absolute Gasteiger partial charge is 0.466 e. The molecule has 8 rings (SSSR count). The Balaban J connectivity index is 0.978. The van der Waals surface area contributed by atoms with Crippen molar-refractivity contribution >= 4 is 57.5 Å². The van der Waals surface area contributed by atoms with Crippen molar-refractivity contribution in [2.45, 2.75) is 55.8 Å². The highest BCUT2D eigenvalue weighted by Crippen LogP contribution is 2.59. The van der Waals surface area contributed by atoms with E-state index in [2.05, 4.69) is 14.8 Å². The third kappa shape index (κ3) is 8.79. The first-order valence-corrected chi connectivity index (χ1v) is 22.2. The Morgan fingerprint density at radius 1 is 0.800 bits per heavy atom. The summed E-state index contributed by atoms with van der Waals surface area (Å²) < 4.78 is 155. The molecule has 1 aliphatic carbocycles. The van der Waals surface area contributed by atoms with Gasteiger partial charge in [0.2, 0.25) is 11.6 Å². The van der Waals surface area contributed by atoms with Crippen molar-refractivity contribution in [1.29, 1.82) is 0 Å². The monoisotopic (exact) mass is 1010 g/mol. The summed E-state index contributed by atoms with van der Waals surface area (Å²) in [6, 6.07) is 9.41. The van der Waals surface area contributed by atoms with Gasteiger partial charge in [-0.15, -0.1) is 0 Å². The molecule has 4 aromatic carbocycles. The molecule has 2 N–H and O–H groups in total. The lowest BCUT2D eigenvalue weighted by atomic mass is 9.76. The molecule has 0 saturated heterocycles. The Kier molecular flexibility index (Phi) is 13.0. The van der Waals surface area contributed by atoms with E-state index < -0.39 is 119 Å². The number of anilines is 1. The Bertz CT molecular complexity index is 3160. The fraction of sp³-hybridized carbons (Fsp3) is 0.289. The predicted molar refractivity (Wildman–Crippen MR) is 225 cm³/mol. The van der Waals surface area contributed by atoms with Crippen LogP contribution in [-0.4, -0.2) is 83.0 Å². The minimum absolute atomic E-state index is 0.0210. The quantitative estimate of drug-likeness (QED) is 0.0177. The van der Waals surface area contributed by atoms with Crippen LogP contribution in [0.3, 0.4) is 0 Å². The van der Waals surface area contributed by atoms with Crippen LogP contribution in [0.5, 0.6) is 17.2 Å². The van der Waals surface area contributed by atoms with Crippen LogP contribution in [0.15, 0.2) is 63.8 Å². The molecular weight excluding hydrogens is 972 g/mol. The Hall–Kier alpha value is -7.70.